The van der Waals surface area contributed by atoms with Crippen LogP contribution in [0.2, 0.25) is 0 Å². The first-order valence-electron chi connectivity index (χ1n) is 14.5. The van der Waals surface area contributed by atoms with E-state index in [1.54, 1.807) is 6.08 Å². The summed E-state index contributed by atoms with van der Waals surface area (Å²) in [6, 6.07) is 38.5. The number of aliphatic carboxylic acids is 1. The van der Waals surface area contributed by atoms with Crippen LogP contribution < -0.4 is 4.90 Å². The normalized spacial score (nSPS) is 11.0. The number of anilines is 3. The van der Waals surface area contributed by atoms with Gasteiger partial charge in [-0.15, -0.1) is 0 Å². The molecule has 0 atom stereocenters. The summed E-state index contributed by atoms with van der Waals surface area (Å²) in [5, 5.41) is 8.99. The molecule has 214 valence electrons. The van der Waals surface area contributed by atoms with E-state index in [4.69, 9.17) is 5.11 Å². The number of carboxylic acids is 1. The van der Waals surface area contributed by atoms with Gasteiger partial charge in [0, 0.05) is 23.1 Å². The number of hydrogen-bond acceptors (Lipinski definition) is 2. The smallest absolute Gasteiger partial charge is 0.328 e. The first-order chi connectivity index (χ1) is 20.6. The lowest BCUT2D eigenvalue weighted by molar-refractivity contribution is -0.131. The summed E-state index contributed by atoms with van der Waals surface area (Å²) >= 11 is 0. The van der Waals surface area contributed by atoms with E-state index in [0.29, 0.717) is 0 Å². The van der Waals surface area contributed by atoms with Crippen molar-refractivity contribution < 1.29 is 9.90 Å². The Hall–Kier alpha value is -5.15. The second-order valence-electron chi connectivity index (χ2n) is 11.3. The largest absolute Gasteiger partial charge is 0.478 e. The van der Waals surface area contributed by atoms with Crippen molar-refractivity contribution in [3.05, 3.63) is 165 Å². The van der Waals surface area contributed by atoms with E-state index in [-0.39, 0.29) is 0 Å². The molecule has 5 aromatic carbocycles. The van der Waals surface area contributed by atoms with E-state index in [2.05, 4.69) is 131 Å². The molecule has 0 saturated heterocycles. The highest BCUT2D eigenvalue weighted by molar-refractivity contribution is 5.92. The molecule has 5 aromatic rings. The fraction of sp³-hybridized carbons (Fsp3) is 0.125. The standard InChI is InChI=1S/C40H37NO2/c1-27-6-13-36(14-7-27)41(37-15-8-32(9-16-37)12-19-40(42)43)38-17-10-33(11-18-38)26-39(34-22-28(2)20-29(3)23-34)35-24-30(4)21-31(5)25-35/h6-26H,1-5H3,(H,42,43)/b19-12+. The van der Waals surface area contributed by atoms with Crippen LogP contribution in [0.15, 0.2) is 115 Å². The highest BCUT2D eigenvalue weighted by Gasteiger charge is 2.13. The number of aryl methyl sites for hydroxylation is 5. The molecule has 3 nitrogen and oxygen atoms in total. The molecule has 0 spiro atoms. The molecule has 0 saturated carbocycles. The van der Waals surface area contributed by atoms with Gasteiger partial charge in [-0.2, -0.15) is 0 Å². The predicted octanol–water partition coefficient (Wildman–Crippen LogP) is 10.4. The summed E-state index contributed by atoms with van der Waals surface area (Å²) in [5.41, 5.74) is 14.9. The SMILES string of the molecule is Cc1ccc(N(c2ccc(C=C(c3cc(C)cc(C)c3)c3cc(C)cc(C)c3)cc2)c2ccc(/C=C/C(=O)O)cc2)cc1. The number of hydrogen-bond donors (Lipinski definition) is 1. The van der Waals surface area contributed by atoms with Crippen LogP contribution >= 0.6 is 0 Å². The van der Waals surface area contributed by atoms with Crippen molar-refractivity contribution in [2.45, 2.75) is 34.6 Å². The number of benzene rings is 5. The summed E-state index contributed by atoms with van der Waals surface area (Å²) in [4.78, 5) is 13.2. The summed E-state index contributed by atoms with van der Waals surface area (Å²) in [6.07, 6.45) is 5.04. The summed E-state index contributed by atoms with van der Waals surface area (Å²) in [5.74, 6) is -0.960. The minimum absolute atomic E-state index is 0.834. The second-order valence-corrected chi connectivity index (χ2v) is 11.3. The van der Waals surface area contributed by atoms with E-state index in [1.165, 1.54) is 44.5 Å². The van der Waals surface area contributed by atoms with Crippen molar-refractivity contribution in [2.75, 3.05) is 4.90 Å². The zero-order valence-electron chi connectivity index (χ0n) is 25.4. The molecular weight excluding hydrogens is 526 g/mol. The first kappa shape index (κ1) is 29.3. The Bertz CT molecular complexity index is 1720. The maximum atomic E-state index is 11.0. The van der Waals surface area contributed by atoms with Gasteiger partial charge in [-0.25, -0.2) is 4.79 Å². The molecule has 43 heavy (non-hydrogen) atoms. The van der Waals surface area contributed by atoms with Crippen LogP contribution in [0.3, 0.4) is 0 Å². The molecule has 0 heterocycles. The molecule has 0 aliphatic rings. The van der Waals surface area contributed by atoms with Crippen molar-refractivity contribution in [1.29, 1.82) is 0 Å². The van der Waals surface area contributed by atoms with E-state index in [0.717, 1.165) is 34.3 Å². The maximum Gasteiger partial charge on any atom is 0.328 e. The van der Waals surface area contributed by atoms with Gasteiger partial charge in [-0.1, -0.05) is 101 Å². The zero-order valence-corrected chi connectivity index (χ0v) is 25.4. The van der Waals surface area contributed by atoms with Crippen LogP contribution in [0.4, 0.5) is 17.1 Å². The number of carboxylic acid groups (broad SMARTS) is 1. The van der Waals surface area contributed by atoms with Crippen LogP contribution in [0, 0.1) is 34.6 Å². The van der Waals surface area contributed by atoms with Crippen molar-refractivity contribution >= 4 is 40.8 Å². The van der Waals surface area contributed by atoms with E-state index in [1.807, 2.05) is 24.3 Å². The molecule has 0 amide bonds. The fourth-order valence-electron chi connectivity index (χ4n) is 5.52. The highest BCUT2D eigenvalue weighted by Crippen LogP contribution is 2.36. The van der Waals surface area contributed by atoms with Crippen molar-refractivity contribution in [1.82, 2.24) is 0 Å². The molecule has 5 rings (SSSR count). The summed E-state index contributed by atoms with van der Waals surface area (Å²) in [7, 11) is 0. The summed E-state index contributed by atoms with van der Waals surface area (Å²) < 4.78 is 0. The second kappa shape index (κ2) is 12.8. The van der Waals surface area contributed by atoms with E-state index >= 15 is 0 Å². The van der Waals surface area contributed by atoms with Gasteiger partial charge in [-0.05, 0) is 111 Å². The Labute approximate surface area is 255 Å². The molecule has 0 unspecified atom stereocenters. The van der Waals surface area contributed by atoms with Crippen molar-refractivity contribution in [2.24, 2.45) is 0 Å². The third-order valence-corrected chi connectivity index (χ3v) is 7.39. The van der Waals surface area contributed by atoms with E-state index in [9.17, 15) is 4.79 Å². The molecule has 0 radical (unpaired) electrons. The molecule has 0 aliphatic heterocycles. The molecule has 0 aliphatic carbocycles. The minimum Gasteiger partial charge on any atom is -0.478 e. The molecule has 0 bridgehead atoms. The van der Waals surface area contributed by atoms with Gasteiger partial charge < -0.3 is 10.0 Å². The van der Waals surface area contributed by atoms with Crippen molar-refractivity contribution in [3.8, 4) is 0 Å². The van der Waals surface area contributed by atoms with Crippen LogP contribution in [0.25, 0.3) is 17.7 Å². The highest BCUT2D eigenvalue weighted by atomic mass is 16.4. The molecule has 1 N–H and O–H groups in total. The van der Waals surface area contributed by atoms with Crippen molar-refractivity contribution in [3.63, 3.8) is 0 Å². The predicted molar refractivity (Wildman–Crippen MR) is 181 cm³/mol. The minimum atomic E-state index is -0.960. The Morgan fingerprint density at radius 3 is 1.35 bits per heavy atom. The monoisotopic (exact) mass is 563 g/mol. The third kappa shape index (κ3) is 7.38. The number of carbonyl (C=O) groups is 1. The zero-order chi connectivity index (χ0) is 30.5. The van der Waals surface area contributed by atoms with Gasteiger partial charge in [0.1, 0.15) is 0 Å². The Kier molecular flexibility index (Phi) is 8.73. The third-order valence-electron chi connectivity index (χ3n) is 7.39. The maximum absolute atomic E-state index is 11.0. The van der Waals surface area contributed by atoms with Gasteiger partial charge in [0.15, 0.2) is 0 Å². The molecule has 0 fully saturated rings. The average Bonchev–Trinajstić information content (AvgIpc) is 2.96. The lowest BCUT2D eigenvalue weighted by atomic mass is 9.91. The van der Waals surface area contributed by atoms with Gasteiger partial charge >= 0.3 is 5.97 Å². The first-order valence-corrected chi connectivity index (χ1v) is 14.5. The molecule has 3 heteroatoms. The van der Waals surface area contributed by atoms with Crippen LogP contribution in [0.1, 0.15) is 50.1 Å². The van der Waals surface area contributed by atoms with Gasteiger partial charge in [0.25, 0.3) is 0 Å². The van der Waals surface area contributed by atoms with Gasteiger partial charge in [0.2, 0.25) is 0 Å². The average molecular weight is 564 g/mol. The Balaban J connectivity index is 1.57. The fourth-order valence-corrected chi connectivity index (χ4v) is 5.52. The van der Waals surface area contributed by atoms with Crippen LogP contribution in [0.5, 0.6) is 0 Å². The number of rotatable bonds is 8. The van der Waals surface area contributed by atoms with Gasteiger partial charge in [-0.3, -0.25) is 0 Å². The van der Waals surface area contributed by atoms with Gasteiger partial charge in [0.05, 0.1) is 0 Å². The molecule has 0 aromatic heterocycles. The lowest BCUT2D eigenvalue weighted by Crippen LogP contribution is -2.09. The molecular formula is C40H37NO2. The number of nitrogens with zero attached hydrogens (tertiary/aromatic N) is 1. The lowest BCUT2D eigenvalue weighted by Gasteiger charge is -2.26. The van der Waals surface area contributed by atoms with E-state index < -0.39 is 5.97 Å². The van der Waals surface area contributed by atoms with Crippen LogP contribution in [-0.2, 0) is 4.79 Å². The quantitative estimate of drug-likeness (QED) is 0.151. The van der Waals surface area contributed by atoms with Crippen LogP contribution in [-0.4, -0.2) is 11.1 Å². The Morgan fingerprint density at radius 1 is 0.535 bits per heavy atom. The summed E-state index contributed by atoms with van der Waals surface area (Å²) in [6.45, 7) is 10.7. The Morgan fingerprint density at radius 2 is 0.930 bits per heavy atom. The topological polar surface area (TPSA) is 40.5 Å².